The Kier molecular flexibility index (Phi) is 2.95. The van der Waals surface area contributed by atoms with Gasteiger partial charge in [-0.3, -0.25) is 8.37 Å². The maximum Gasteiger partial charge on any atom is 0.268 e. The summed E-state index contributed by atoms with van der Waals surface area (Å²) in [5.74, 6) is -1.11. The lowest BCUT2D eigenvalue weighted by molar-refractivity contribution is 0.149. The molecular weight excluding hydrogens is 220 g/mol. The zero-order valence-corrected chi connectivity index (χ0v) is 8.60. The van der Waals surface area contributed by atoms with Crippen LogP contribution in [0.15, 0.2) is 0 Å². The van der Waals surface area contributed by atoms with Crippen molar-refractivity contribution in [3.05, 3.63) is 0 Å². The lowest BCUT2D eigenvalue weighted by Crippen LogP contribution is -2.31. The molecule has 1 aliphatic rings. The predicted octanol–water partition coefficient (Wildman–Crippen LogP) is -0.919. The van der Waals surface area contributed by atoms with Crippen LogP contribution in [0.1, 0.15) is 6.92 Å². The Balaban J connectivity index is 2.85. The van der Waals surface area contributed by atoms with E-state index in [4.69, 9.17) is 0 Å². The molecule has 78 valence electrons. The minimum atomic E-state index is -3.72. The highest BCUT2D eigenvalue weighted by Crippen LogP contribution is 2.08. The molecular formula is C5H10O6S2. The molecule has 1 heterocycles. The summed E-state index contributed by atoms with van der Waals surface area (Å²) in [5.41, 5.74) is 0. The van der Waals surface area contributed by atoms with E-state index in [-0.39, 0.29) is 6.61 Å². The first-order valence-corrected chi connectivity index (χ1v) is 6.74. The molecule has 1 rings (SSSR count). The molecule has 0 radical (unpaired) electrons. The van der Waals surface area contributed by atoms with Gasteiger partial charge in [0.1, 0.15) is 0 Å². The van der Waals surface area contributed by atoms with Crippen molar-refractivity contribution in [2.24, 2.45) is 0 Å². The van der Waals surface area contributed by atoms with E-state index in [2.05, 4.69) is 8.37 Å². The topological polar surface area (TPSA) is 86.7 Å². The summed E-state index contributed by atoms with van der Waals surface area (Å²) in [6.07, 6.45) is -0.764. The fraction of sp³-hybridized carbons (Fsp3) is 1.00. The van der Waals surface area contributed by atoms with E-state index >= 15 is 0 Å². The van der Waals surface area contributed by atoms with Gasteiger partial charge in [-0.2, -0.15) is 16.8 Å². The normalized spacial score (nSPS) is 33.2. The molecule has 0 amide bonds. The lowest BCUT2D eigenvalue weighted by Gasteiger charge is -2.16. The fourth-order valence-corrected chi connectivity index (χ4v) is 3.59. The average molecular weight is 230 g/mol. The molecule has 1 unspecified atom stereocenters. The Hall–Kier alpha value is -0.180. The van der Waals surface area contributed by atoms with Gasteiger partial charge in [-0.25, -0.2) is 0 Å². The van der Waals surface area contributed by atoms with Crippen molar-refractivity contribution in [3.63, 3.8) is 0 Å². The standard InChI is InChI=1S/C5H10O6S2/c1-5-4-10-12(6,7)2-3-13(8,9)11-5/h5H,2-4H2,1H3. The van der Waals surface area contributed by atoms with Crippen LogP contribution >= 0.6 is 0 Å². The van der Waals surface area contributed by atoms with Gasteiger partial charge in [-0.1, -0.05) is 0 Å². The Morgan fingerprint density at radius 3 is 2.23 bits per heavy atom. The van der Waals surface area contributed by atoms with E-state index in [0.717, 1.165) is 0 Å². The van der Waals surface area contributed by atoms with Gasteiger partial charge in [0.2, 0.25) is 0 Å². The first kappa shape index (κ1) is 10.9. The van der Waals surface area contributed by atoms with Crippen LogP contribution in [0.2, 0.25) is 0 Å². The first-order valence-electron chi connectivity index (χ1n) is 3.59. The summed E-state index contributed by atoms with van der Waals surface area (Å²) in [6, 6.07) is 0. The van der Waals surface area contributed by atoms with Gasteiger partial charge in [0, 0.05) is 0 Å². The molecule has 13 heavy (non-hydrogen) atoms. The van der Waals surface area contributed by atoms with E-state index in [9.17, 15) is 16.8 Å². The molecule has 6 nitrogen and oxygen atoms in total. The quantitative estimate of drug-likeness (QED) is 0.500. The summed E-state index contributed by atoms with van der Waals surface area (Å²) in [4.78, 5) is 0. The third-order valence-electron chi connectivity index (χ3n) is 1.38. The van der Waals surface area contributed by atoms with Gasteiger partial charge in [0.15, 0.2) is 0 Å². The summed E-state index contributed by atoms with van der Waals surface area (Å²) < 4.78 is 52.8. The van der Waals surface area contributed by atoms with Gasteiger partial charge in [0.05, 0.1) is 24.2 Å². The van der Waals surface area contributed by atoms with Gasteiger partial charge in [-0.15, -0.1) is 0 Å². The Morgan fingerprint density at radius 1 is 1.08 bits per heavy atom. The molecule has 1 saturated heterocycles. The van der Waals surface area contributed by atoms with E-state index in [1.54, 1.807) is 0 Å². The van der Waals surface area contributed by atoms with Gasteiger partial charge < -0.3 is 0 Å². The highest BCUT2D eigenvalue weighted by atomic mass is 32.2. The lowest BCUT2D eigenvalue weighted by atomic mass is 10.5. The molecule has 0 aromatic rings. The fourth-order valence-electron chi connectivity index (χ4n) is 0.789. The number of hydrogen-bond donors (Lipinski definition) is 0. The highest BCUT2D eigenvalue weighted by Gasteiger charge is 2.26. The summed E-state index contributed by atoms with van der Waals surface area (Å²) in [5, 5.41) is 0. The van der Waals surface area contributed by atoms with Crippen molar-refractivity contribution in [2.45, 2.75) is 13.0 Å². The molecule has 8 heteroatoms. The Bertz CT molecular complexity index is 366. The SMILES string of the molecule is CC1COS(=O)(=O)CCS(=O)(=O)O1. The van der Waals surface area contributed by atoms with E-state index in [0.29, 0.717) is 0 Å². The van der Waals surface area contributed by atoms with Gasteiger partial charge in [-0.05, 0) is 6.92 Å². The highest BCUT2D eigenvalue weighted by molar-refractivity contribution is 7.90. The molecule has 0 aromatic heterocycles. The maximum absolute atomic E-state index is 11.0. The van der Waals surface area contributed by atoms with Crippen molar-refractivity contribution < 1.29 is 25.2 Å². The van der Waals surface area contributed by atoms with Gasteiger partial charge >= 0.3 is 0 Å². The molecule has 0 bridgehead atoms. The maximum atomic E-state index is 11.0. The molecule has 1 aliphatic heterocycles. The Labute approximate surface area is 77.1 Å². The third kappa shape index (κ3) is 3.59. The first-order chi connectivity index (χ1) is 5.81. The smallest absolute Gasteiger partial charge is 0.267 e. The molecule has 0 aromatic carbocycles. The largest absolute Gasteiger partial charge is 0.268 e. The molecule has 0 saturated carbocycles. The average Bonchev–Trinajstić information content (AvgIpc) is 1.96. The second kappa shape index (κ2) is 3.52. The summed E-state index contributed by atoms with van der Waals surface area (Å²) >= 11 is 0. The van der Waals surface area contributed by atoms with Crippen LogP contribution < -0.4 is 0 Å². The van der Waals surface area contributed by atoms with Crippen LogP contribution in [0.5, 0.6) is 0 Å². The zero-order chi connectivity index (χ0) is 10.1. The predicted molar refractivity (Wildman–Crippen MR) is 44.1 cm³/mol. The van der Waals surface area contributed by atoms with Crippen LogP contribution in [-0.2, 0) is 28.6 Å². The van der Waals surface area contributed by atoms with Gasteiger partial charge in [0.25, 0.3) is 20.2 Å². The van der Waals surface area contributed by atoms with E-state index < -0.39 is 37.8 Å². The molecule has 0 aliphatic carbocycles. The summed E-state index contributed by atoms with van der Waals surface area (Å²) in [6.45, 7) is 1.17. The van der Waals surface area contributed by atoms with Crippen molar-refractivity contribution in [3.8, 4) is 0 Å². The van der Waals surface area contributed by atoms with Crippen molar-refractivity contribution in [2.75, 3.05) is 18.1 Å². The monoisotopic (exact) mass is 230 g/mol. The summed E-state index contributed by atoms with van der Waals surface area (Å²) in [7, 11) is -7.43. The van der Waals surface area contributed by atoms with Crippen LogP contribution in [0, 0.1) is 0 Å². The second-order valence-corrected chi connectivity index (χ2v) is 6.19. The molecule has 0 spiro atoms. The minimum Gasteiger partial charge on any atom is -0.267 e. The van der Waals surface area contributed by atoms with Crippen molar-refractivity contribution in [1.29, 1.82) is 0 Å². The van der Waals surface area contributed by atoms with Crippen molar-refractivity contribution in [1.82, 2.24) is 0 Å². The molecule has 1 atom stereocenters. The molecule has 1 fully saturated rings. The van der Waals surface area contributed by atoms with Crippen LogP contribution in [0.4, 0.5) is 0 Å². The zero-order valence-electron chi connectivity index (χ0n) is 6.96. The minimum absolute atomic E-state index is 0.262. The third-order valence-corrected chi connectivity index (χ3v) is 4.16. The van der Waals surface area contributed by atoms with Crippen LogP contribution in [-0.4, -0.2) is 41.1 Å². The molecule has 0 N–H and O–H groups in total. The van der Waals surface area contributed by atoms with Crippen LogP contribution in [0.25, 0.3) is 0 Å². The van der Waals surface area contributed by atoms with Crippen molar-refractivity contribution >= 4 is 20.2 Å². The van der Waals surface area contributed by atoms with E-state index in [1.807, 2.05) is 0 Å². The van der Waals surface area contributed by atoms with E-state index in [1.165, 1.54) is 6.92 Å². The van der Waals surface area contributed by atoms with Crippen LogP contribution in [0.3, 0.4) is 0 Å². The number of rotatable bonds is 0. The number of hydrogen-bond acceptors (Lipinski definition) is 6. The second-order valence-electron chi connectivity index (χ2n) is 2.71. The Morgan fingerprint density at radius 2 is 1.62 bits per heavy atom.